The number of amides is 1. The standard InChI is InChI=1S/C8H16N2O3.2ClH/c1-4(2)6(8(12)13)10-7(11)5(3)9;;/h4-6H,9H2,1-3H3,(H,10,11)(H,12,13);2*1H/t5-,6?;;/m0../s1. The summed E-state index contributed by atoms with van der Waals surface area (Å²) >= 11 is 0. The van der Waals surface area contributed by atoms with Gasteiger partial charge in [0.15, 0.2) is 0 Å². The molecule has 0 aromatic heterocycles. The first-order chi connectivity index (χ1) is 5.86. The summed E-state index contributed by atoms with van der Waals surface area (Å²) in [6.07, 6.45) is 0. The number of carboxylic acid groups (broad SMARTS) is 1. The van der Waals surface area contributed by atoms with Gasteiger partial charge in [0, 0.05) is 0 Å². The van der Waals surface area contributed by atoms with Crippen LogP contribution in [0.1, 0.15) is 20.8 Å². The maximum absolute atomic E-state index is 11.1. The molecule has 0 spiro atoms. The van der Waals surface area contributed by atoms with Crippen molar-refractivity contribution < 1.29 is 14.7 Å². The third kappa shape index (κ3) is 7.41. The number of nitrogens with two attached hydrogens (primary N) is 1. The van der Waals surface area contributed by atoms with E-state index < -0.39 is 24.0 Å². The average Bonchev–Trinajstić information content (AvgIpc) is 1.97. The molecule has 0 radical (unpaired) electrons. The molecule has 0 aliphatic heterocycles. The summed E-state index contributed by atoms with van der Waals surface area (Å²) in [5, 5.41) is 11.1. The summed E-state index contributed by atoms with van der Waals surface area (Å²) in [7, 11) is 0. The Bertz CT molecular complexity index is 210. The molecule has 0 saturated heterocycles. The van der Waals surface area contributed by atoms with Crippen LogP contribution in [0.2, 0.25) is 0 Å². The second kappa shape index (κ2) is 8.76. The quantitative estimate of drug-likeness (QED) is 0.683. The van der Waals surface area contributed by atoms with E-state index >= 15 is 0 Å². The number of hydrogen-bond donors (Lipinski definition) is 3. The Morgan fingerprint density at radius 1 is 1.20 bits per heavy atom. The van der Waals surface area contributed by atoms with Crippen LogP contribution in [0, 0.1) is 5.92 Å². The van der Waals surface area contributed by atoms with Gasteiger partial charge in [-0.05, 0) is 12.8 Å². The van der Waals surface area contributed by atoms with Crippen molar-refractivity contribution in [3.8, 4) is 0 Å². The van der Waals surface area contributed by atoms with Crippen LogP contribution < -0.4 is 11.1 Å². The van der Waals surface area contributed by atoms with Gasteiger partial charge in [0.25, 0.3) is 0 Å². The van der Waals surface area contributed by atoms with E-state index in [4.69, 9.17) is 10.8 Å². The number of rotatable bonds is 4. The Hall–Kier alpha value is -0.520. The summed E-state index contributed by atoms with van der Waals surface area (Å²) < 4.78 is 0. The number of hydrogen-bond acceptors (Lipinski definition) is 3. The maximum Gasteiger partial charge on any atom is 0.326 e. The monoisotopic (exact) mass is 260 g/mol. The van der Waals surface area contributed by atoms with Crippen LogP contribution in [0.5, 0.6) is 0 Å². The highest BCUT2D eigenvalue weighted by atomic mass is 35.5. The second-order valence-electron chi connectivity index (χ2n) is 3.36. The van der Waals surface area contributed by atoms with Gasteiger partial charge in [-0.1, -0.05) is 13.8 Å². The zero-order chi connectivity index (χ0) is 10.6. The van der Waals surface area contributed by atoms with Crippen LogP contribution in [0.15, 0.2) is 0 Å². The molecule has 0 heterocycles. The summed E-state index contributed by atoms with van der Waals surface area (Å²) in [4.78, 5) is 21.7. The van der Waals surface area contributed by atoms with Crippen molar-refractivity contribution in [3.63, 3.8) is 0 Å². The molecule has 0 fully saturated rings. The zero-order valence-corrected chi connectivity index (χ0v) is 10.5. The molecule has 2 atom stereocenters. The molecule has 0 aliphatic carbocycles. The Morgan fingerprint density at radius 3 is 1.80 bits per heavy atom. The van der Waals surface area contributed by atoms with E-state index in [1.165, 1.54) is 6.92 Å². The molecule has 7 heteroatoms. The van der Waals surface area contributed by atoms with E-state index in [2.05, 4.69) is 5.32 Å². The van der Waals surface area contributed by atoms with E-state index in [0.717, 1.165) is 0 Å². The highest BCUT2D eigenvalue weighted by Crippen LogP contribution is 2.01. The van der Waals surface area contributed by atoms with Gasteiger partial charge in [-0.25, -0.2) is 4.79 Å². The first-order valence-electron chi connectivity index (χ1n) is 4.15. The highest BCUT2D eigenvalue weighted by molar-refractivity contribution is 5.86. The molecular weight excluding hydrogens is 243 g/mol. The molecule has 92 valence electrons. The first kappa shape index (κ1) is 20.0. The molecule has 5 nitrogen and oxygen atoms in total. The Balaban J connectivity index is -0.000000720. The van der Waals surface area contributed by atoms with Crippen LogP contribution in [-0.2, 0) is 9.59 Å². The Labute approximate surface area is 102 Å². The van der Waals surface area contributed by atoms with Gasteiger partial charge < -0.3 is 16.2 Å². The van der Waals surface area contributed by atoms with Gasteiger partial charge in [-0.3, -0.25) is 4.79 Å². The lowest BCUT2D eigenvalue weighted by Crippen LogP contribution is -2.49. The largest absolute Gasteiger partial charge is 0.480 e. The molecule has 1 amide bonds. The fourth-order valence-electron chi connectivity index (χ4n) is 0.798. The fraction of sp³-hybridized carbons (Fsp3) is 0.750. The lowest BCUT2D eigenvalue weighted by molar-refractivity contribution is -0.143. The van der Waals surface area contributed by atoms with E-state index in [-0.39, 0.29) is 30.7 Å². The Morgan fingerprint density at radius 2 is 1.60 bits per heavy atom. The molecule has 0 aromatic carbocycles. The molecule has 15 heavy (non-hydrogen) atoms. The minimum absolute atomic E-state index is 0. The summed E-state index contributed by atoms with van der Waals surface area (Å²) in [5.74, 6) is -1.63. The van der Waals surface area contributed by atoms with Crippen molar-refractivity contribution in [1.29, 1.82) is 0 Å². The van der Waals surface area contributed by atoms with Gasteiger partial charge in [0.2, 0.25) is 5.91 Å². The van der Waals surface area contributed by atoms with E-state index in [0.29, 0.717) is 0 Å². The van der Waals surface area contributed by atoms with Gasteiger partial charge in [-0.2, -0.15) is 0 Å². The number of carbonyl (C=O) groups excluding carboxylic acids is 1. The SMILES string of the molecule is CC(C)C(NC(=O)[C@H](C)N)C(=O)O.Cl.Cl. The van der Waals surface area contributed by atoms with Crippen LogP contribution in [0.25, 0.3) is 0 Å². The lowest BCUT2D eigenvalue weighted by atomic mass is 10.0. The number of nitrogens with one attached hydrogen (secondary N) is 1. The topological polar surface area (TPSA) is 92.4 Å². The van der Waals surface area contributed by atoms with Gasteiger partial charge in [0.1, 0.15) is 6.04 Å². The van der Waals surface area contributed by atoms with Crippen molar-refractivity contribution in [3.05, 3.63) is 0 Å². The van der Waals surface area contributed by atoms with Crippen molar-refractivity contribution >= 4 is 36.7 Å². The predicted octanol–water partition coefficient (Wildman–Crippen LogP) is 0.403. The molecule has 0 aromatic rings. The lowest BCUT2D eigenvalue weighted by Gasteiger charge is -2.18. The van der Waals surface area contributed by atoms with Crippen molar-refractivity contribution in [1.82, 2.24) is 5.32 Å². The van der Waals surface area contributed by atoms with Crippen LogP contribution in [-0.4, -0.2) is 29.1 Å². The zero-order valence-electron chi connectivity index (χ0n) is 8.89. The fourth-order valence-corrected chi connectivity index (χ4v) is 0.798. The van der Waals surface area contributed by atoms with Crippen LogP contribution in [0.3, 0.4) is 0 Å². The third-order valence-corrected chi connectivity index (χ3v) is 1.64. The molecule has 1 unspecified atom stereocenters. The van der Waals surface area contributed by atoms with E-state index in [1.807, 2.05) is 0 Å². The van der Waals surface area contributed by atoms with E-state index in [9.17, 15) is 9.59 Å². The van der Waals surface area contributed by atoms with Crippen molar-refractivity contribution in [2.24, 2.45) is 11.7 Å². The first-order valence-corrected chi connectivity index (χ1v) is 4.15. The number of carboxylic acids is 1. The molecule has 4 N–H and O–H groups in total. The van der Waals surface area contributed by atoms with Gasteiger partial charge in [-0.15, -0.1) is 24.8 Å². The average molecular weight is 261 g/mol. The molecular formula is C8H18Cl2N2O3. The van der Waals surface area contributed by atoms with Crippen LogP contribution >= 0.6 is 24.8 Å². The summed E-state index contributed by atoms with van der Waals surface area (Å²) in [6.45, 7) is 4.95. The second-order valence-corrected chi connectivity index (χ2v) is 3.36. The maximum atomic E-state index is 11.1. The van der Waals surface area contributed by atoms with Crippen molar-refractivity contribution in [2.45, 2.75) is 32.9 Å². The summed E-state index contributed by atoms with van der Waals surface area (Å²) in [6, 6.07) is -1.54. The smallest absolute Gasteiger partial charge is 0.326 e. The minimum Gasteiger partial charge on any atom is -0.480 e. The van der Waals surface area contributed by atoms with E-state index in [1.54, 1.807) is 13.8 Å². The molecule has 0 bridgehead atoms. The van der Waals surface area contributed by atoms with Crippen LogP contribution in [0.4, 0.5) is 0 Å². The number of halogens is 2. The van der Waals surface area contributed by atoms with Gasteiger partial charge in [0.05, 0.1) is 6.04 Å². The number of aliphatic carboxylic acids is 1. The molecule has 0 saturated carbocycles. The normalized spacial score (nSPS) is 13.1. The number of carbonyl (C=O) groups is 2. The molecule has 0 aliphatic rings. The Kier molecular flexibility index (Phi) is 11.7. The summed E-state index contributed by atoms with van der Waals surface area (Å²) in [5.41, 5.74) is 5.28. The van der Waals surface area contributed by atoms with Crippen molar-refractivity contribution in [2.75, 3.05) is 0 Å². The highest BCUT2D eigenvalue weighted by Gasteiger charge is 2.24. The van der Waals surface area contributed by atoms with Gasteiger partial charge >= 0.3 is 5.97 Å². The third-order valence-electron chi connectivity index (χ3n) is 1.64. The minimum atomic E-state index is -1.04. The molecule has 0 rings (SSSR count). The predicted molar refractivity (Wildman–Crippen MR) is 62.5 cm³/mol.